The van der Waals surface area contributed by atoms with Gasteiger partial charge in [0, 0.05) is 0 Å². The molecule has 9 heteroatoms. The van der Waals surface area contributed by atoms with E-state index in [1.807, 2.05) is 0 Å². The minimum Gasteiger partial charge on any atom is -0.330 e. The molecule has 0 saturated carbocycles. The minimum atomic E-state index is -4.60. The molecule has 0 radical (unpaired) electrons. The maximum Gasteiger partial charge on any atom is 0.339 e. The third kappa shape index (κ3) is 2.71. The van der Waals surface area contributed by atoms with Crippen molar-refractivity contribution in [2.75, 3.05) is 0 Å². The Labute approximate surface area is 115 Å². The Hall–Kier alpha value is -2.45. The van der Waals surface area contributed by atoms with Gasteiger partial charge in [0.2, 0.25) is 0 Å². The summed E-state index contributed by atoms with van der Waals surface area (Å²) >= 11 is 0. The number of benzene rings is 1. The molecule has 0 unspecified atom stereocenters. The van der Waals surface area contributed by atoms with Crippen LogP contribution in [0.4, 0.5) is 17.6 Å². The van der Waals surface area contributed by atoms with Gasteiger partial charge in [-0.05, 0) is 12.1 Å². The molecule has 1 aromatic rings. The molecule has 0 aliphatic carbocycles. The molecule has 2 amide bonds. The predicted octanol–water partition coefficient (Wildman–Crippen LogP) is 2.03. The van der Waals surface area contributed by atoms with Crippen LogP contribution in [0.1, 0.15) is 27.1 Å². The molecule has 0 aromatic heterocycles. The molecular formula is C12H7F4NO4. The van der Waals surface area contributed by atoms with Crippen LogP contribution in [0, 0.1) is 0 Å². The molecular weight excluding hydrogens is 298 g/mol. The number of amides is 2. The molecule has 1 aliphatic heterocycles. The zero-order valence-corrected chi connectivity index (χ0v) is 10.2. The highest BCUT2D eigenvalue weighted by molar-refractivity contribution is 6.20. The number of nitrogens with zero attached hydrogens (tertiary/aromatic N) is 1. The quantitative estimate of drug-likeness (QED) is 0.631. The summed E-state index contributed by atoms with van der Waals surface area (Å²) in [5, 5.41) is -0.0193. The molecule has 2 rings (SSSR count). The van der Waals surface area contributed by atoms with Crippen LogP contribution in [0.2, 0.25) is 0 Å². The van der Waals surface area contributed by atoms with Crippen LogP contribution in [0.5, 0.6) is 0 Å². The molecule has 21 heavy (non-hydrogen) atoms. The molecule has 0 saturated heterocycles. The van der Waals surface area contributed by atoms with E-state index in [1.54, 1.807) is 0 Å². The maximum atomic E-state index is 12.7. The maximum absolute atomic E-state index is 12.7. The lowest BCUT2D eigenvalue weighted by molar-refractivity contribution is -0.187. The molecule has 5 nitrogen and oxygen atoms in total. The van der Waals surface area contributed by atoms with Gasteiger partial charge >= 0.3 is 18.3 Å². The largest absolute Gasteiger partial charge is 0.339 e. The molecule has 1 aromatic carbocycles. The zero-order valence-electron chi connectivity index (χ0n) is 10.2. The van der Waals surface area contributed by atoms with Crippen molar-refractivity contribution in [1.82, 2.24) is 5.06 Å². The summed E-state index contributed by atoms with van der Waals surface area (Å²) in [5.41, 5.74) is -0.146. The highest BCUT2D eigenvalue weighted by atomic mass is 19.3. The van der Waals surface area contributed by atoms with Crippen LogP contribution in [-0.2, 0) is 9.63 Å². The second kappa shape index (κ2) is 5.15. The van der Waals surface area contributed by atoms with Gasteiger partial charge in [-0.15, -0.1) is 0 Å². The Kier molecular flexibility index (Phi) is 3.67. The molecule has 112 valence electrons. The number of carbonyl (C=O) groups is 3. The molecule has 0 spiro atoms. The van der Waals surface area contributed by atoms with Gasteiger partial charge in [-0.2, -0.15) is 8.78 Å². The van der Waals surface area contributed by atoms with E-state index < -0.39 is 36.6 Å². The van der Waals surface area contributed by atoms with Gasteiger partial charge in [-0.1, -0.05) is 17.2 Å². The number of hydrogen-bond donors (Lipinski definition) is 0. The summed E-state index contributed by atoms with van der Waals surface area (Å²) in [6, 6.07) is 5.44. The summed E-state index contributed by atoms with van der Waals surface area (Å²) in [7, 11) is 0. The van der Waals surface area contributed by atoms with Gasteiger partial charge in [0.05, 0.1) is 11.1 Å². The van der Waals surface area contributed by atoms with Crippen LogP contribution < -0.4 is 0 Å². The molecule has 0 N–H and O–H groups in total. The third-order valence-corrected chi connectivity index (χ3v) is 2.65. The van der Waals surface area contributed by atoms with Crippen LogP contribution in [-0.4, -0.2) is 35.2 Å². The molecule has 0 bridgehead atoms. The first kappa shape index (κ1) is 14.9. The smallest absolute Gasteiger partial charge is 0.330 e. The summed E-state index contributed by atoms with van der Waals surface area (Å²) in [6.45, 7) is 0. The summed E-state index contributed by atoms with van der Waals surface area (Å²) in [5.74, 6) is -8.46. The normalized spacial score (nSPS) is 14.6. The van der Waals surface area contributed by atoms with Crippen molar-refractivity contribution in [3.63, 3.8) is 0 Å². The number of carbonyl (C=O) groups excluding carboxylic acids is 3. The second-order valence-electron chi connectivity index (χ2n) is 4.15. The lowest BCUT2D eigenvalue weighted by Crippen LogP contribution is -2.37. The average Bonchev–Trinajstić information content (AvgIpc) is 2.64. The molecule has 0 fully saturated rings. The van der Waals surface area contributed by atoms with E-state index in [-0.39, 0.29) is 16.2 Å². The van der Waals surface area contributed by atoms with Crippen molar-refractivity contribution in [1.29, 1.82) is 0 Å². The molecule has 1 heterocycles. The fourth-order valence-electron chi connectivity index (χ4n) is 1.65. The SMILES string of the molecule is O=C(CC(F)(F)C(F)F)ON1C(=O)c2ccccc2C1=O. The first-order chi connectivity index (χ1) is 9.74. The average molecular weight is 305 g/mol. The summed E-state index contributed by atoms with van der Waals surface area (Å²) in [6.07, 6.45) is -6.01. The fourth-order valence-corrected chi connectivity index (χ4v) is 1.65. The second-order valence-corrected chi connectivity index (χ2v) is 4.15. The fraction of sp³-hybridized carbons (Fsp3) is 0.250. The van der Waals surface area contributed by atoms with Crippen molar-refractivity contribution in [3.8, 4) is 0 Å². The highest BCUT2D eigenvalue weighted by Gasteiger charge is 2.45. The topological polar surface area (TPSA) is 63.7 Å². The van der Waals surface area contributed by atoms with Crippen molar-refractivity contribution >= 4 is 17.8 Å². The van der Waals surface area contributed by atoms with E-state index >= 15 is 0 Å². The van der Waals surface area contributed by atoms with Crippen molar-refractivity contribution in [2.24, 2.45) is 0 Å². The zero-order chi connectivity index (χ0) is 15.8. The standard InChI is InChI=1S/C12H7F4NO4/c13-11(14)12(15,16)5-8(18)21-17-9(19)6-3-1-2-4-7(6)10(17)20/h1-4,11H,5H2. The summed E-state index contributed by atoms with van der Waals surface area (Å²) < 4.78 is 49.3. The van der Waals surface area contributed by atoms with Gasteiger partial charge in [-0.25, -0.2) is 13.6 Å². The first-order valence-corrected chi connectivity index (χ1v) is 5.58. The number of hydrogen-bond acceptors (Lipinski definition) is 4. The highest BCUT2D eigenvalue weighted by Crippen LogP contribution is 2.28. The third-order valence-electron chi connectivity index (χ3n) is 2.65. The van der Waals surface area contributed by atoms with E-state index in [9.17, 15) is 31.9 Å². The number of alkyl halides is 4. The van der Waals surface area contributed by atoms with Crippen LogP contribution >= 0.6 is 0 Å². The number of imide groups is 1. The number of fused-ring (bicyclic) bond motifs is 1. The first-order valence-electron chi connectivity index (χ1n) is 5.58. The Morgan fingerprint density at radius 2 is 1.62 bits per heavy atom. The van der Waals surface area contributed by atoms with E-state index in [2.05, 4.69) is 4.84 Å². The van der Waals surface area contributed by atoms with Crippen LogP contribution in [0.25, 0.3) is 0 Å². The summed E-state index contributed by atoms with van der Waals surface area (Å²) in [4.78, 5) is 38.8. The lowest BCUT2D eigenvalue weighted by atomic mass is 10.1. The lowest BCUT2D eigenvalue weighted by Gasteiger charge is -2.16. The van der Waals surface area contributed by atoms with Gasteiger partial charge in [0.15, 0.2) is 0 Å². The molecule has 1 aliphatic rings. The Bertz CT molecular complexity index is 582. The van der Waals surface area contributed by atoms with E-state index in [1.165, 1.54) is 24.3 Å². The Morgan fingerprint density at radius 1 is 1.14 bits per heavy atom. The minimum absolute atomic E-state index is 0.0193. The van der Waals surface area contributed by atoms with Crippen molar-refractivity contribution < 1.29 is 36.8 Å². The van der Waals surface area contributed by atoms with Gasteiger partial charge < -0.3 is 4.84 Å². The van der Waals surface area contributed by atoms with Gasteiger partial charge in [0.25, 0.3) is 11.8 Å². The van der Waals surface area contributed by atoms with E-state index in [0.29, 0.717) is 0 Å². The van der Waals surface area contributed by atoms with Crippen LogP contribution in [0.15, 0.2) is 24.3 Å². The monoisotopic (exact) mass is 305 g/mol. The van der Waals surface area contributed by atoms with Crippen LogP contribution in [0.3, 0.4) is 0 Å². The number of rotatable bonds is 4. The number of hydroxylamine groups is 2. The van der Waals surface area contributed by atoms with Gasteiger partial charge in [-0.3, -0.25) is 9.59 Å². The Morgan fingerprint density at radius 3 is 2.05 bits per heavy atom. The van der Waals surface area contributed by atoms with Crippen molar-refractivity contribution in [3.05, 3.63) is 35.4 Å². The Balaban J connectivity index is 2.11. The van der Waals surface area contributed by atoms with Crippen molar-refractivity contribution in [2.45, 2.75) is 18.8 Å². The van der Waals surface area contributed by atoms with E-state index in [0.717, 1.165) is 0 Å². The number of halogens is 4. The molecule has 0 atom stereocenters. The van der Waals surface area contributed by atoms with Gasteiger partial charge in [0.1, 0.15) is 6.42 Å². The predicted molar refractivity (Wildman–Crippen MR) is 58.6 cm³/mol. The van der Waals surface area contributed by atoms with E-state index in [4.69, 9.17) is 0 Å².